The molecule has 6 aromatic carbocycles. The highest BCUT2D eigenvalue weighted by Crippen LogP contribution is 2.69. The van der Waals surface area contributed by atoms with Crippen LogP contribution in [0.25, 0.3) is 72.8 Å². The van der Waals surface area contributed by atoms with Crippen LogP contribution in [0.2, 0.25) is 0 Å². The maximum absolute atomic E-state index is 5.20. The maximum Gasteiger partial charge on any atom is 0.166 e. The average molecular weight is 683 g/mol. The number of hydrogen-bond acceptors (Lipinski definition) is 3. The molecular weight excluding hydrogens is 645 g/mol. The van der Waals surface area contributed by atoms with E-state index in [1.165, 1.54) is 65.0 Å². The molecule has 0 unspecified atom stereocenters. The predicted molar refractivity (Wildman–Crippen MR) is 214 cm³/mol. The molecule has 4 nitrogen and oxygen atoms in total. The Bertz CT molecular complexity index is 2660. The molecule has 0 saturated heterocycles. The molecule has 53 heavy (non-hydrogen) atoms. The molecule has 0 atom stereocenters. The summed E-state index contributed by atoms with van der Waals surface area (Å²) >= 11 is 0. The van der Waals surface area contributed by atoms with Crippen molar-refractivity contribution in [3.63, 3.8) is 0 Å². The highest BCUT2D eigenvalue weighted by molar-refractivity contribution is 6.12. The van der Waals surface area contributed by atoms with E-state index in [4.69, 9.17) is 15.0 Å². The van der Waals surface area contributed by atoms with Gasteiger partial charge in [0.05, 0.1) is 16.7 Å². The molecule has 254 valence electrons. The van der Waals surface area contributed by atoms with Crippen LogP contribution in [0.3, 0.4) is 0 Å². The van der Waals surface area contributed by atoms with Gasteiger partial charge >= 0.3 is 0 Å². The van der Waals surface area contributed by atoms with E-state index in [0.717, 1.165) is 34.2 Å². The number of para-hydroxylation sites is 2. The Hall–Kier alpha value is -5.87. The van der Waals surface area contributed by atoms with Crippen molar-refractivity contribution >= 4 is 21.8 Å². The molecule has 2 aromatic heterocycles. The zero-order valence-corrected chi connectivity index (χ0v) is 29.5. The predicted octanol–water partition coefficient (Wildman–Crippen LogP) is 11.7. The standard InChI is InChI=1S/C49H38N4/c1-3-13-32(14-4-1)46-50-47(33-15-5-2-6-16-33)52-48(51-46)38-19-9-12-22-44(38)53-43-21-11-8-18-37(43)40-28-39-36-17-7-10-20-41(36)49(42(39)29-45(40)53)34-24-30-23-31(26-34)27-35(49)25-30/h1-22,28-31,34-35H,23-27H2. The summed E-state index contributed by atoms with van der Waals surface area (Å²) < 4.78 is 2.50. The number of aromatic nitrogens is 4. The van der Waals surface area contributed by atoms with Gasteiger partial charge in [0.15, 0.2) is 17.5 Å². The van der Waals surface area contributed by atoms with Crippen LogP contribution < -0.4 is 0 Å². The molecule has 13 rings (SSSR count). The maximum atomic E-state index is 5.20. The highest BCUT2D eigenvalue weighted by atomic mass is 15.1. The van der Waals surface area contributed by atoms with Crippen LogP contribution in [-0.4, -0.2) is 19.5 Å². The fourth-order valence-electron chi connectivity index (χ4n) is 11.7. The third kappa shape index (κ3) is 4.15. The minimum absolute atomic E-state index is 0.0950. The van der Waals surface area contributed by atoms with Gasteiger partial charge in [0.2, 0.25) is 0 Å². The van der Waals surface area contributed by atoms with Crippen molar-refractivity contribution in [2.24, 2.45) is 23.7 Å². The molecule has 8 aromatic rings. The Balaban J connectivity index is 1.13. The van der Waals surface area contributed by atoms with Crippen LogP contribution in [0.1, 0.15) is 43.2 Å². The van der Waals surface area contributed by atoms with E-state index in [1.54, 1.807) is 11.1 Å². The Morgan fingerprint density at radius 2 is 1.00 bits per heavy atom. The third-order valence-electron chi connectivity index (χ3n) is 13.4. The number of hydrogen-bond donors (Lipinski definition) is 0. The topological polar surface area (TPSA) is 43.6 Å². The fraction of sp³-hybridized carbons (Fsp3) is 0.204. The zero-order chi connectivity index (χ0) is 34.7. The second-order valence-corrected chi connectivity index (χ2v) is 16.0. The van der Waals surface area contributed by atoms with Crippen molar-refractivity contribution in [1.29, 1.82) is 0 Å². The third-order valence-corrected chi connectivity index (χ3v) is 13.4. The first-order chi connectivity index (χ1) is 26.2. The Morgan fingerprint density at radius 1 is 0.434 bits per heavy atom. The van der Waals surface area contributed by atoms with Gasteiger partial charge in [0.1, 0.15) is 0 Å². The lowest BCUT2D eigenvalue weighted by Crippen LogP contribution is -2.55. The van der Waals surface area contributed by atoms with Gasteiger partial charge in [0, 0.05) is 32.9 Å². The number of nitrogens with zero attached hydrogens (tertiary/aromatic N) is 4. The smallest absolute Gasteiger partial charge is 0.166 e. The zero-order valence-electron chi connectivity index (χ0n) is 29.5. The molecule has 0 radical (unpaired) electrons. The lowest BCUT2D eigenvalue weighted by Gasteiger charge is -2.61. The molecule has 5 aliphatic rings. The van der Waals surface area contributed by atoms with E-state index in [0.29, 0.717) is 29.3 Å². The summed E-state index contributed by atoms with van der Waals surface area (Å²) in [4.78, 5) is 15.4. The quantitative estimate of drug-likeness (QED) is 0.186. The lowest BCUT2D eigenvalue weighted by atomic mass is 9.43. The van der Waals surface area contributed by atoms with Crippen LogP contribution in [0.15, 0.2) is 146 Å². The number of benzene rings is 6. The Kier molecular flexibility index (Phi) is 6.20. The highest BCUT2D eigenvalue weighted by Gasteiger charge is 2.61. The van der Waals surface area contributed by atoms with E-state index in [9.17, 15) is 0 Å². The summed E-state index contributed by atoms with van der Waals surface area (Å²) in [5.74, 6) is 5.25. The molecule has 0 aliphatic heterocycles. The van der Waals surface area contributed by atoms with Gasteiger partial charge in [-0.05, 0) is 108 Å². The van der Waals surface area contributed by atoms with Crippen molar-refractivity contribution in [1.82, 2.24) is 19.5 Å². The van der Waals surface area contributed by atoms with E-state index in [2.05, 4.69) is 114 Å². The summed E-state index contributed by atoms with van der Waals surface area (Å²) in [5, 5.41) is 2.57. The van der Waals surface area contributed by atoms with Gasteiger partial charge in [0.25, 0.3) is 0 Å². The van der Waals surface area contributed by atoms with Gasteiger partial charge in [-0.1, -0.05) is 115 Å². The van der Waals surface area contributed by atoms with Crippen LogP contribution >= 0.6 is 0 Å². The summed E-state index contributed by atoms with van der Waals surface area (Å²) in [5.41, 5.74) is 12.6. The van der Waals surface area contributed by atoms with Crippen molar-refractivity contribution in [2.75, 3.05) is 0 Å². The Morgan fingerprint density at radius 3 is 1.70 bits per heavy atom. The molecule has 4 bridgehead atoms. The molecule has 5 aliphatic carbocycles. The summed E-state index contributed by atoms with van der Waals surface area (Å²) in [6.45, 7) is 0. The van der Waals surface area contributed by atoms with Crippen molar-refractivity contribution in [2.45, 2.75) is 37.5 Å². The van der Waals surface area contributed by atoms with E-state index in [1.807, 2.05) is 36.4 Å². The van der Waals surface area contributed by atoms with Gasteiger partial charge in [-0.2, -0.15) is 0 Å². The molecule has 2 heterocycles. The van der Waals surface area contributed by atoms with Crippen LogP contribution in [0.5, 0.6) is 0 Å². The molecule has 4 fully saturated rings. The summed E-state index contributed by atoms with van der Waals surface area (Å²) in [7, 11) is 0. The second kappa shape index (κ2) is 11.1. The van der Waals surface area contributed by atoms with Gasteiger partial charge < -0.3 is 4.57 Å². The van der Waals surface area contributed by atoms with Crippen molar-refractivity contribution in [3.05, 3.63) is 157 Å². The molecule has 0 N–H and O–H groups in total. The monoisotopic (exact) mass is 682 g/mol. The molecule has 0 amide bonds. The summed E-state index contributed by atoms with van der Waals surface area (Å²) in [6.07, 6.45) is 6.95. The van der Waals surface area contributed by atoms with Crippen molar-refractivity contribution < 1.29 is 0 Å². The largest absolute Gasteiger partial charge is 0.308 e. The minimum atomic E-state index is 0.0950. The van der Waals surface area contributed by atoms with Gasteiger partial charge in [-0.15, -0.1) is 0 Å². The van der Waals surface area contributed by atoms with Crippen LogP contribution in [-0.2, 0) is 5.41 Å². The molecular formula is C49H38N4. The second-order valence-electron chi connectivity index (χ2n) is 16.0. The van der Waals surface area contributed by atoms with Crippen LogP contribution in [0.4, 0.5) is 0 Å². The normalized spacial score (nSPS) is 23.5. The lowest BCUT2D eigenvalue weighted by molar-refractivity contribution is -0.0399. The number of fused-ring (bicyclic) bond motifs is 6. The Labute approximate surface area is 309 Å². The average Bonchev–Trinajstić information content (AvgIpc) is 3.69. The molecule has 4 saturated carbocycles. The van der Waals surface area contributed by atoms with E-state index < -0.39 is 0 Å². The minimum Gasteiger partial charge on any atom is -0.308 e. The van der Waals surface area contributed by atoms with Gasteiger partial charge in [-0.3, -0.25) is 0 Å². The van der Waals surface area contributed by atoms with Gasteiger partial charge in [-0.25, -0.2) is 15.0 Å². The summed E-state index contributed by atoms with van der Waals surface area (Å²) in [6, 6.07) is 52.8. The first-order valence-electron chi connectivity index (χ1n) is 19.4. The van der Waals surface area contributed by atoms with E-state index in [-0.39, 0.29) is 5.41 Å². The first-order valence-corrected chi connectivity index (χ1v) is 19.4. The molecule has 1 spiro atoms. The molecule has 4 heteroatoms. The van der Waals surface area contributed by atoms with Crippen molar-refractivity contribution in [3.8, 4) is 51.0 Å². The van der Waals surface area contributed by atoms with E-state index >= 15 is 0 Å². The SMILES string of the molecule is c1ccc(-c2nc(-c3ccccc3)nc(-c3ccccc3-n3c4ccccc4c4cc5c(cc43)C3(c4ccccc4-5)C4CC5CC(C4)CC3C5)n2)cc1. The number of rotatable bonds is 4. The first kappa shape index (κ1) is 29.7. The fourth-order valence-corrected chi connectivity index (χ4v) is 11.7. The van der Waals surface area contributed by atoms with Crippen LogP contribution in [0, 0.1) is 23.7 Å².